The van der Waals surface area contributed by atoms with E-state index in [0.717, 1.165) is 0 Å². The average molecular weight is 203 g/mol. The Balaban J connectivity index is 0. The van der Waals surface area contributed by atoms with Crippen molar-refractivity contribution in [2.45, 2.75) is 6.92 Å². The molecule has 1 unspecified atom stereocenters. The molecular formula is C3H7O4PZn. The molecule has 0 aromatic carbocycles. The largest absolute Gasteiger partial charge is 0.396 e. The van der Waals surface area contributed by atoms with Gasteiger partial charge in [0.15, 0.2) is 0 Å². The van der Waals surface area contributed by atoms with Gasteiger partial charge in [-0.25, -0.2) is 4.57 Å². The first-order valence-electron chi connectivity index (χ1n) is 2.08. The molecule has 0 bridgehead atoms. The van der Waals surface area contributed by atoms with E-state index in [4.69, 9.17) is 0 Å². The zero-order valence-corrected chi connectivity index (χ0v) is 9.09. The van der Waals surface area contributed by atoms with E-state index in [9.17, 15) is 9.36 Å². The smallest absolute Gasteiger partial charge is 0.369 e. The zero-order valence-electron chi connectivity index (χ0n) is 5.12. The summed E-state index contributed by atoms with van der Waals surface area (Å²) >= 11 is 0. The molecule has 4 nitrogen and oxygen atoms in total. The molecule has 0 aliphatic rings. The molecule has 0 spiro atoms. The van der Waals surface area contributed by atoms with Crippen LogP contribution in [0.4, 0.5) is 0 Å². The van der Waals surface area contributed by atoms with Gasteiger partial charge in [-0.15, -0.1) is 0 Å². The van der Waals surface area contributed by atoms with Gasteiger partial charge >= 0.3 is 8.25 Å². The molecule has 0 aliphatic carbocycles. The van der Waals surface area contributed by atoms with Gasteiger partial charge in [-0.05, 0) is 6.92 Å². The minimum absolute atomic E-state index is 0. The maximum absolute atomic E-state index is 10.2. The molecule has 0 fully saturated rings. The van der Waals surface area contributed by atoms with Gasteiger partial charge in [0.1, 0.15) is 0 Å². The van der Waals surface area contributed by atoms with Gasteiger partial charge in [0.05, 0.1) is 6.61 Å². The first-order chi connectivity index (χ1) is 3.81. The molecule has 0 radical (unpaired) electrons. The van der Waals surface area contributed by atoms with E-state index < -0.39 is 8.25 Å². The summed E-state index contributed by atoms with van der Waals surface area (Å²) in [5, 5.41) is 0. The van der Waals surface area contributed by atoms with Crippen molar-refractivity contribution >= 4 is 14.7 Å². The molecule has 0 N–H and O–H groups in total. The Morgan fingerprint density at radius 2 is 2.22 bits per heavy atom. The van der Waals surface area contributed by atoms with Crippen LogP contribution in [0.15, 0.2) is 0 Å². The summed E-state index contributed by atoms with van der Waals surface area (Å²) in [4.78, 5) is 9.41. The van der Waals surface area contributed by atoms with Gasteiger partial charge in [0.2, 0.25) is 0 Å². The second kappa shape index (κ2) is 8.28. The summed E-state index contributed by atoms with van der Waals surface area (Å²) in [6.07, 6.45) is 0. The summed E-state index contributed by atoms with van der Waals surface area (Å²) in [5.74, 6) is 0. The summed E-state index contributed by atoms with van der Waals surface area (Å²) in [6.45, 7) is 2.07. The Hall–Kier alpha value is 0.283. The van der Waals surface area contributed by atoms with Crippen molar-refractivity contribution in [3.8, 4) is 0 Å². The fraction of sp³-hybridized carbons (Fsp3) is 0.667. The molecule has 0 amide bonds. The van der Waals surface area contributed by atoms with Crippen LogP contribution in [-0.4, -0.2) is 13.1 Å². The van der Waals surface area contributed by atoms with Crippen molar-refractivity contribution in [1.82, 2.24) is 0 Å². The van der Waals surface area contributed by atoms with Crippen molar-refractivity contribution in [1.29, 1.82) is 0 Å². The molecule has 9 heavy (non-hydrogen) atoms. The van der Waals surface area contributed by atoms with Gasteiger partial charge in [0.25, 0.3) is 6.47 Å². The Morgan fingerprint density at radius 1 is 1.67 bits per heavy atom. The van der Waals surface area contributed by atoms with Crippen LogP contribution in [0, 0.1) is 0 Å². The van der Waals surface area contributed by atoms with Crippen LogP contribution in [0.25, 0.3) is 0 Å². The van der Waals surface area contributed by atoms with E-state index in [1.165, 1.54) is 0 Å². The summed E-state index contributed by atoms with van der Waals surface area (Å²) < 4.78 is 18.5. The predicted molar refractivity (Wildman–Crippen MR) is 27.8 cm³/mol. The summed E-state index contributed by atoms with van der Waals surface area (Å²) in [5.41, 5.74) is 0. The Labute approximate surface area is 66.6 Å². The molecule has 0 heterocycles. The van der Waals surface area contributed by atoms with Crippen LogP contribution < -0.4 is 0 Å². The molecule has 0 aromatic rings. The molecule has 50 valence electrons. The molecule has 0 saturated heterocycles. The average Bonchev–Trinajstić information content (AvgIpc) is 1.68. The first-order valence-corrected chi connectivity index (χ1v) is 3.30. The zero-order chi connectivity index (χ0) is 6.41. The number of carbonyl (C=O) groups excluding carboxylic acids is 1. The monoisotopic (exact) mass is 202 g/mol. The molecule has 0 aromatic heterocycles. The molecule has 0 aliphatic heterocycles. The quantitative estimate of drug-likeness (QED) is 0.381. The van der Waals surface area contributed by atoms with Crippen LogP contribution >= 0.6 is 8.25 Å². The second-order valence-corrected chi connectivity index (χ2v) is 1.92. The summed E-state index contributed by atoms with van der Waals surface area (Å²) in [6, 6.07) is 0. The van der Waals surface area contributed by atoms with Crippen LogP contribution in [0.1, 0.15) is 6.92 Å². The van der Waals surface area contributed by atoms with Gasteiger partial charge in [-0.1, -0.05) is 0 Å². The van der Waals surface area contributed by atoms with E-state index in [1.807, 2.05) is 0 Å². The van der Waals surface area contributed by atoms with E-state index in [-0.39, 0.29) is 26.0 Å². The van der Waals surface area contributed by atoms with Crippen molar-refractivity contribution in [2.24, 2.45) is 0 Å². The van der Waals surface area contributed by atoms with Crippen molar-refractivity contribution in [2.75, 3.05) is 6.61 Å². The first kappa shape index (κ1) is 12.0. The third-order valence-electron chi connectivity index (χ3n) is 0.407. The van der Waals surface area contributed by atoms with Crippen LogP contribution in [0.5, 0.6) is 0 Å². The third-order valence-corrected chi connectivity index (χ3v) is 1.22. The van der Waals surface area contributed by atoms with Crippen LogP contribution in [0.3, 0.4) is 0 Å². The standard InChI is InChI=1S/C3H7O4P.Zn/c1-2-6-8(5)7-3-4;/h3,8H,2H2,1H3;. The maximum atomic E-state index is 10.2. The van der Waals surface area contributed by atoms with E-state index >= 15 is 0 Å². The number of hydrogen-bond acceptors (Lipinski definition) is 4. The van der Waals surface area contributed by atoms with E-state index in [1.54, 1.807) is 6.92 Å². The molecular weight excluding hydrogens is 196 g/mol. The topological polar surface area (TPSA) is 52.6 Å². The van der Waals surface area contributed by atoms with Crippen molar-refractivity contribution in [3.63, 3.8) is 0 Å². The number of carbonyl (C=O) groups is 1. The fourth-order valence-corrected chi connectivity index (χ4v) is 0.573. The Bertz CT molecular complexity index is 95.8. The molecule has 6 heteroatoms. The van der Waals surface area contributed by atoms with Gasteiger partial charge in [-0.2, -0.15) is 0 Å². The minimum Gasteiger partial charge on any atom is -0.396 e. The molecule has 1 atom stereocenters. The molecule has 0 rings (SSSR count). The normalized spacial score (nSPS) is 11.2. The van der Waals surface area contributed by atoms with E-state index in [2.05, 4.69) is 9.05 Å². The molecule has 0 saturated carbocycles. The Kier molecular flexibility index (Phi) is 11.1. The van der Waals surface area contributed by atoms with Gasteiger partial charge in [-0.3, -0.25) is 4.79 Å². The maximum Gasteiger partial charge on any atom is 0.369 e. The van der Waals surface area contributed by atoms with Crippen LogP contribution in [-0.2, 0) is 37.9 Å². The fourth-order valence-electron chi connectivity index (χ4n) is 0.191. The summed E-state index contributed by atoms with van der Waals surface area (Å²) in [7, 11) is -2.51. The minimum atomic E-state index is -2.51. The van der Waals surface area contributed by atoms with Gasteiger partial charge in [0, 0.05) is 19.5 Å². The predicted octanol–water partition coefficient (Wildman–Crippen LogP) is 0.583. The number of hydrogen-bond donors (Lipinski definition) is 0. The van der Waals surface area contributed by atoms with Crippen molar-refractivity contribution in [3.05, 3.63) is 0 Å². The van der Waals surface area contributed by atoms with E-state index in [0.29, 0.717) is 6.61 Å². The third kappa shape index (κ3) is 8.28. The number of rotatable bonds is 4. The van der Waals surface area contributed by atoms with Gasteiger partial charge < -0.3 is 9.05 Å². The SMILES string of the molecule is CCO[PH](=O)OC=O.[Zn]. The van der Waals surface area contributed by atoms with Crippen LogP contribution in [0.2, 0.25) is 0 Å². The van der Waals surface area contributed by atoms with Crippen molar-refractivity contribution < 1.29 is 37.9 Å². The second-order valence-electron chi connectivity index (χ2n) is 0.897. The Morgan fingerprint density at radius 3 is 2.56 bits per heavy atom.